The van der Waals surface area contributed by atoms with E-state index in [1.807, 2.05) is 29.5 Å². The lowest BCUT2D eigenvalue weighted by Gasteiger charge is -2.35. The molecule has 186 valence electrons. The smallest absolute Gasteiger partial charge is 0.353 e. The lowest BCUT2D eigenvalue weighted by atomic mass is 9.97. The number of amides is 1. The lowest BCUT2D eigenvalue weighted by Crippen LogP contribution is -2.48. The van der Waals surface area contributed by atoms with E-state index in [1.165, 1.54) is 13.0 Å². The molecule has 0 N–H and O–H groups in total. The Morgan fingerprint density at radius 2 is 1.83 bits per heavy atom. The number of rotatable bonds is 3. The van der Waals surface area contributed by atoms with Gasteiger partial charge >= 0.3 is 6.18 Å². The molecule has 1 atom stereocenters. The largest absolute Gasteiger partial charge is 0.416 e. The van der Waals surface area contributed by atoms with Crippen LogP contribution < -0.4 is 10.4 Å². The number of benzene rings is 1. The van der Waals surface area contributed by atoms with E-state index in [2.05, 4.69) is 14.9 Å². The van der Waals surface area contributed by atoms with E-state index in [0.717, 1.165) is 22.8 Å². The Morgan fingerprint density at radius 1 is 1.14 bits per heavy atom. The second kappa shape index (κ2) is 9.31. The first-order valence-electron chi connectivity index (χ1n) is 11.5. The van der Waals surface area contributed by atoms with Crippen LogP contribution in [0, 0.1) is 13.8 Å². The highest BCUT2D eigenvalue weighted by atomic mass is 19.4. The van der Waals surface area contributed by atoms with E-state index in [9.17, 15) is 18.0 Å². The van der Waals surface area contributed by atoms with Gasteiger partial charge in [0.15, 0.2) is 5.49 Å². The third kappa shape index (κ3) is 4.87. The second-order valence-corrected chi connectivity index (χ2v) is 8.92. The maximum absolute atomic E-state index is 13.4. The van der Waals surface area contributed by atoms with Crippen molar-refractivity contribution in [3.63, 3.8) is 0 Å². The van der Waals surface area contributed by atoms with Gasteiger partial charge in [-0.15, -0.1) is 0 Å². The first-order valence-corrected chi connectivity index (χ1v) is 11.5. The fraction of sp³-hybridized carbons (Fsp3) is 0.440. The summed E-state index contributed by atoms with van der Waals surface area (Å²) in [6, 6.07) is 5.58. The number of aryl methyl sites for hydroxylation is 2. The third-order valence-electron chi connectivity index (χ3n) is 6.72. The fourth-order valence-electron chi connectivity index (χ4n) is 4.53. The van der Waals surface area contributed by atoms with E-state index in [0.29, 0.717) is 43.1 Å². The summed E-state index contributed by atoms with van der Waals surface area (Å²) in [7, 11) is 1.89. The van der Waals surface area contributed by atoms with Crippen LogP contribution in [0.25, 0.3) is 10.9 Å². The summed E-state index contributed by atoms with van der Waals surface area (Å²) in [5.74, 6) is 1.53. The van der Waals surface area contributed by atoms with E-state index < -0.39 is 17.8 Å². The summed E-state index contributed by atoms with van der Waals surface area (Å²) in [4.78, 5) is 29.7. The zero-order valence-corrected chi connectivity index (χ0v) is 20.5. The number of alkyl halides is 3. The monoisotopic (exact) mass is 486 g/mol. The number of halogens is 3. The molecule has 1 saturated heterocycles. The normalized spacial score (nSPS) is 16.2. The van der Waals surface area contributed by atoms with Crippen molar-refractivity contribution in [2.75, 3.05) is 31.1 Å². The van der Waals surface area contributed by atoms with Gasteiger partial charge in [0.05, 0.1) is 23.3 Å². The van der Waals surface area contributed by atoms with Crippen molar-refractivity contribution in [3.8, 4) is 0 Å². The summed E-state index contributed by atoms with van der Waals surface area (Å²) < 4.78 is 42.2. The average Bonchev–Trinajstić information content (AvgIpc) is 2.81. The molecule has 1 amide bonds. The zero-order chi connectivity index (χ0) is 25.5. The number of anilines is 1. The van der Waals surface area contributed by atoms with Crippen molar-refractivity contribution in [1.82, 2.24) is 19.4 Å². The van der Waals surface area contributed by atoms with Gasteiger partial charge in [0, 0.05) is 45.5 Å². The number of nitrogens with zero attached hydrogens (tertiary/aromatic N) is 6. The molecule has 0 spiro atoms. The first kappa shape index (κ1) is 24.7. The number of hydrogen-bond donors (Lipinski definition) is 0. The predicted octanol–water partition coefficient (Wildman–Crippen LogP) is 3.93. The van der Waals surface area contributed by atoms with Crippen molar-refractivity contribution in [2.45, 2.75) is 39.9 Å². The molecule has 2 aromatic heterocycles. The lowest BCUT2D eigenvalue weighted by molar-refractivity contribution is -0.138. The van der Waals surface area contributed by atoms with Crippen LogP contribution in [0.5, 0.6) is 0 Å². The minimum absolute atomic E-state index is 0.0581. The highest BCUT2D eigenvalue weighted by molar-refractivity contribution is 5.80. The van der Waals surface area contributed by atoms with Gasteiger partial charge in [-0.25, -0.2) is 9.97 Å². The Labute approximate surface area is 201 Å². The molecular weight excluding hydrogens is 457 g/mol. The van der Waals surface area contributed by atoms with Crippen molar-refractivity contribution >= 4 is 22.6 Å². The van der Waals surface area contributed by atoms with Gasteiger partial charge in [-0.1, -0.05) is 12.1 Å². The summed E-state index contributed by atoms with van der Waals surface area (Å²) >= 11 is 0. The fourth-order valence-corrected chi connectivity index (χ4v) is 4.53. The molecule has 0 saturated carbocycles. The summed E-state index contributed by atoms with van der Waals surface area (Å²) in [6.45, 7) is 9.25. The molecule has 3 aromatic rings. The van der Waals surface area contributed by atoms with Crippen LogP contribution in [0.2, 0.25) is 0 Å². The van der Waals surface area contributed by atoms with E-state index in [1.54, 1.807) is 26.1 Å². The van der Waals surface area contributed by atoms with E-state index in [4.69, 9.17) is 4.99 Å². The summed E-state index contributed by atoms with van der Waals surface area (Å²) in [5.41, 5.74) is 1.32. The molecule has 10 heteroatoms. The number of aromatic nitrogens is 3. The maximum atomic E-state index is 13.4. The Balaban J connectivity index is 1.78. The Kier molecular flexibility index (Phi) is 6.57. The van der Waals surface area contributed by atoms with Gasteiger partial charge in [-0.3, -0.25) is 9.79 Å². The molecule has 7 nitrogen and oxygen atoms in total. The molecule has 0 bridgehead atoms. The summed E-state index contributed by atoms with van der Waals surface area (Å²) in [6.07, 6.45) is -2.65. The van der Waals surface area contributed by atoms with E-state index in [-0.39, 0.29) is 11.5 Å². The van der Waals surface area contributed by atoms with Gasteiger partial charge < -0.3 is 14.4 Å². The van der Waals surface area contributed by atoms with Crippen molar-refractivity contribution in [2.24, 2.45) is 12.0 Å². The average molecular weight is 487 g/mol. The number of hydrogen-bond acceptors (Lipinski definition) is 5. The summed E-state index contributed by atoms with van der Waals surface area (Å²) in [5, 5.41) is 0.772. The van der Waals surface area contributed by atoms with Gasteiger partial charge in [0.2, 0.25) is 5.91 Å². The molecular formula is C25H29F3N6O. The number of fused-ring (bicyclic) bond motifs is 1. The molecule has 1 fully saturated rings. The molecule has 1 aliphatic rings. The SMILES string of the molecule is CC(=O)N1CCN(c2cc3c(=N[C@H](C)c4cccc(C(F)(F)F)c4C)nc(C)n(C)c3cn2)CC1. The number of carbonyl (C=O) groups excluding carboxylic acids is 1. The van der Waals surface area contributed by atoms with Gasteiger partial charge in [-0.2, -0.15) is 13.2 Å². The predicted molar refractivity (Wildman–Crippen MR) is 128 cm³/mol. The molecule has 1 aliphatic heterocycles. The van der Waals surface area contributed by atoms with Crippen LogP contribution in [-0.4, -0.2) is 51.5 Å². The number of carbonyl (C=O) groups is 1. The molecule has 35 heavy (non-hydrogen) atoms. The van der Waals surface area contributed by atoms with E-state index >= 15 is 0 Å². The number of pyridine rings is 1. The zero-order valence-electron chi connectivity index (χ0n) is 20.5. The van der Waals surface area contributed by atoms with Gasteiger partial charge in [0.1, 0.15) is 11.6 Å². The number of piperazine rings is 1. The van der Waals surface area contributed by atoms with Crippen LogP contribution >= 0.6 is 0 Å². The molecule has 0 radical (unpaired) electrons. The van der Waals surface area contributed by atoms with Crippen molar-refractivity contribution < 1.29 is 18.0 Å². The molecule has 0 unspecified atom stereocenters. The second-order valence-electron chi connectivity index (χ2n) is 8.92. The standard InChI is InChI=1S/C25H29F3N6O/c1-15-19(7-6-8-21(15)25(26,27)28)16(2)30-24-20-13-23(29-14-22(20)32(5)17(3)31-24)34-11-9-33(10-12-34)18(4)35/h6-8,13-14,16H,9-12H2,1-5H3/t16-/m1/s1. The Morgan fingerprint density at radius 3 is 2.46 bits per heavy atom. The molecule has 0 aliphatic carbocycles. The molecule has 4 rings (SSSR count). The minimum Gasteiger partial charge on any atom is -0.353 e. The minimum atomic E-state index is -4.42. The quantitative estimate of drug-likeness (QED) is 0.563. The first-order chi connectivity index (χ1) is 16.5. The van der Waals surface area contributed by atoms with Gasteiger partial charge in [-0.05, 0) is 44.0 Å². The van der Waals surface area contributed by atoms with Crippen LogP contribution in [0.4, 0.5) is 19.0 Å². The van der Waals surface area contributed by atoms with Gasteiger partial charge in [0.25, 0.3) is 0 Å². The third-order valence-corrected chi connectivity index (χ3v) is 6.72. The molecule has 1 aromatic carbocycles. The van der Waals surface area contributed by atoms with Crippen molar-refractivity contribution in [3.05, 3.63) is 58.5 Å². The highest BCUT2D eigenvalue weighted by Gasteiger charge is 2.33. The van der Waals surface area contributed by atoms with Crippen LogP contribution in [-0.2, 0) is 18.0 Å². The Hall–Kier alpha value is -3.43. The molecule has 3 heterocycles. The topological polar surface area (TPSA) is 66.6 Å². The Bertz CT molecular complexity index is 1340. The van der Waals surface area contributed by atoms with Crippen LogP contribution in [0.3, 0.4) is 0 Å². The van der Waals surface area contributed by atoms with Crippen molar-refractivity contribution in [1.29, 1.82) is 0 Å². The maximum Gasteiger partial charge on any atom is 0.416 e. The highest BCUT2D eigenvalue weighted by Crippen LogP contribution is 2.35. The van der Waals surface area contributed by atoms with Crippen LogP contribution in [0.15, 0.2) is 35.5 Å². The van der Waals surface area contributed by atoms with Crippen LogP contribution in [0.1, 0.15) is 42.4 Å².